The number of amides is 2. The number of fused-ring (bicyclic) bond motifs is 1. The topological polar surface area (TPSA) is 71.5 Å². The Bertz CT molecular complexity index is 1090. The van der Waals surface area contributed by atoms with E-state index in [-0.39, 0.29) is 59.0 Å². The van der Waals surface area contributed by atoms with E-state index in [2.05, 4.69) is 0 Å². The van der Waals surface area contributed by atoms with Crippen LogP contribution in [0.5, 0.6) is 0 Å². The maximum absolute atomic E-state index is 14.2. The minimum Gasteiger partial charge on any atom is -0.299 e. The molecule has 0 N–H and O–H groups in total. The van der Waals surface area contributed by atoms with Gasteiger partial charge in [-0.05, 0) is 57.3 Å². The predicted octanol–water partition coefficient (Wildman–Crippen LogP) is 8.41. The molecule has 2 amide bonds. The van der Waals surface area contributed by atoms with Gasteiger partial charge >= 0.3 is 0 Å². The maximum atomic E-state index is 14.2. The van der Waals surface area contributed by atoms with Crippen LogP contribution in [-0.4, -0.2) is 34.3 Å². The Balaban J connectivity index is 1.30. The van der Waals surface area contributed by atoms with Gasteiger partial charge in [0.05, 0.1) is 12.0 Å². The van der Waals surface area contributed by atoms with E-state index in [9.17, 15) is 19.2 Å². The molecule has 42 heavy (non-hydrogen) atoms. The smallest absolute Gasteiger partial charge is 0.234 e. The van der Waals surface area contributed by atoms with Gasteiger partial charge in [-0.1, -0.05) is 107 Å². The number of hydrogen-bond donors (Lipinski definition) is 0. The van der Waals surface area contributed by atoms with Crippen molar-refractivity contribution in [3.63, 3.8) is 0 Å². The first-order valence-corrected chi connectivity index (χ1v) is 17.4. The molecule has 1 saturated heterocycles. The standard InChI is InChI=1S/C37H53NO4/c1-26-20-22-27(23-21-26)34(39)24-28-14-8-2-4-10-16-30(28)35(40)25-29-15-9-3-5-11-17-31(29)36(41)38-33-19-13-7-6-12-18-32(33)37(38)42/h20-23,28-33H,2-19,24-25H2,1H3/t28-,29-,30-,31-,32-,33+/m1/s1. The summed E-state index contributed by atoms with van der Waals surface area (Å²) in [6.45, 7) is 2.03. The van der Waals surface area contributed by atoms with Gasteiger partial charge in [0.25, 0.3) is 0 Å². The fraction of sp³-hybridized carbons (Fsp3) is 0.730. The highest BCUT2D eigenvalue weighted by Gasteiger charge is 2.52. The number of likely N-dealkylation sites (tertiary alicyclic amines) is 1. The summed E-state index contributed by atoms with van der Waals surface area (Å²) in [5, 5.41) is 0. The third kappa shape index (κ3) is 7.42. The third-order valence-electron chi connectivity index (χ3n) is 11.2. The number of Topliss-reactive ketones (excluding diaryl/α,β-unsaturated/α-hetero) is 2. The summed E-state index contributed by atoms with van der Waals surface area (Å²) in [6.07, 6.45) is 19.4. The first-order valence-electron chi connectivity index (χ1n) is 17.4. The molecular weight excluding hydrogens is 522 g/mol. The molecule has 0 radical (unpaired) electrons. The van der Waals surface area contributed by atoms with E-state index in [4.69, 9.17) is 0 Å². The van der Waals surface area contributed by atoms with E-state index in [0.717, 1.165) is 107 Å². The number of benzene rings is 1. The molecule has 0 bridgehead atoms. The van der Waals surface area contributed by atoms with Crippen molar-refractivity contribution in [1.29, 1.82) is 0 Å². The highest BCUT2D eigenvalue weighted by Crippen LogP contribution is 2.42. The zero-order valence-corrected chi connectivity index (χ0v) is 26.0. The Kier molecular flexibility index (Phi) is 11.1. The number of nitrogens with zero attached hydrogens (tertiary/aromatic N) is 1. The molecule has 3 aliphatic carbocycles. The van der Waals surface area contributed by atoms with Crippen LogP contribution in [0.4, 0.5) is 0 Å². The molecule has 5 rings (SSSR count). The molecule has 0 unspecified atom stereocenters. The van der Waals surface area contributed by atoms with E-state index < -0.39 is 0 Å². The summed E-state index contributed by atoms with van der Waals surface area (Å²) in [4.78, 5) is 56.5. The molecule has 1 aliphatic heterocycles. The van der Waals surface area contributed by atoms with Crippen LogP contribution in [0.3, 0.4) is 0 Å². The summed E-state index contributed by atoms with van der Waals surface area (Å²) in [6, 6.07) is 7.89. The minimum atomic E-state index is -0.231. The van der Waals surface area contributed by atoms with E-state index in [1.54, 1.807) is 4.90 Å². The van der Waals surface area contributed by atoms with Crippen LogP contribution in [0.1, 0.15) is 144 Å². The average Bonchev–Trinajstić information content (AvgIpc) is 2.93. The summed E-state index contributed by atoms with van der Waals surface area (Å²) >= 11 is 0. The van der Waals surface area contributed by atoms with Crippen LogP contribution < -0.4 is 0 Å². The van der Waals surface area contributed by atoms with Crippen molar-refractivity contribution in [1.82, 2.24) is 4.90 Å². The Labute approximate surface area is 253 Å². The fourth-order valence-electron chi connectivity index (χ4n) is 8.64. The van der Waals surface area contributed by atoms with E-state index in [1.807, 2.05) is 31.2 Å². The summed E-state index contributed by atoms with van der Waals surface area (Å²) < 4.78 is 0. The highest BCUT2D eigenvalue weighted by molar-refractivity contribution is 6.03. The number of imide groups is 1. The lowest BCUT2D eigenvalue weighted by Gasteiger charge is -2.49. The molecule has 0 aromatic heterocycles. The number of carbonyl (C=O) groups is 4. The first kappa shape index (κ1) is 31.1. The zero-order chi connectivity index (χ0) is 29.5. The number of hydrogen-bond acceptors (Lipinski definition) is 4. The van der Waals surface area contributed by atoms with Crippen molar-refractivity contribution in [3.05, 3.63) is 35.4 Å². The molecule has 3 saturated carbocycles. The monoisotopic (exact) mass is 575 g/mol. The average molecular weight is 576 g/mol. The molecule has 5 heteroatoms. The molecule has 1 aromatic rings. The van der Waals surface area contributed by atoms with Gasteiger partial charge in [-0.25, -0.2) is 0 Å². The van der Waals surface area contributed by atoms with Crippen LogP contribution >= 0.6 is 0 Å². The van der Waals surface area contributed by atoms with Gasteiger partial charge in [-0.15, -0.1) is 0 Å². The molecule has 6 atom stereocenters. The molecule has 5 nitrogen and oxygen atoms in total. The van der Waals surface area contributed by atoms with E-state index >= 15 is 0 Å². The Morgan fingerprint density at radius 3 is 1.81 bits per heavy atom. The van der Waals surface area contributed by atoms with Gasteiger partial charge in [-0.2, -0.15) is 0 Å². The van der Waals surface area contributed by atoms with E-state index in [0.29, 0.717) is 12.8 Å². The molecule has 1 heterocycles. The number of ketones is 2. The number of aryl methyl sites for hydroxylation is 1. The van der Waals surface area contributed by atoms with Crippen molar-refractivity contribution in [2.45, 2.75) is 141 Å². The SMILES string of the molecule is Cc1ccc(C(=O)C[C@H]2CCCCCC[C@H]2C(=O)C[C@H]2CCCCCC[C@H]2C(=O)N2C(=O)[C@@H]3CCCCCC[C@@H]32)cc1. The lowest BCUT2D eigenvalue weighted by molar-refractivity contribution is -0.171. The molecule has 0 spiro atoms. The summed E-state index contributed by atoms with van der Waals surface area (Å²) in [5.74, 6) is 0.241. The normalized spacial score (nSPS) is 31.2. The van der Waals surface area contributed by atoms with Crippen LogP contribution in [-0.2, 0) is 14.4 Å². The molecular formula is C37H53NO4. The fourth-order valence-corrected chi connectivity index (χ4v) is 8.64. The second-order valence-corrected chi connectivity index (χ2v) is 14.1. The van der Waals surface area contributed by atoms with Gasteiger partial charge in [0.1, 0.15) is 5.78 Å². The summed E-state index contributed by atoms with van der Waals surface area (Å²) in [5.41, 5.74) is 1.88. The van der Waals surface area contributed by atoms with Crippen LogP contribution in [0.15, 0.2) is 24.3 Å². The Morgan fingerprint density at radius 2 is 1.17 bits per heavy atom. The van der Waals surface area contributed by atoms with Gasteiger partial charge in [0.2, 0.25) is 11.8 Å². The van der Waals surface area contributed by atoms with Crippen molar-refractivity contribution in [2.24, 2.45) is 29.6 Å². The Morgan fingerprint density at radius 1 is 0.643 bits per heavy atom. The lowest BCUT2D eigenvalue weighted by atomic mass is 9.71. The molecule has 1 aromatic carbocycles. The molecule has 4 aliphatic rings. The van der Waals surface area contributed by atoms with Gasteiger partial charge in [0.15, 0.2) is 5.78 Å². The highest BCUT2D eigenvalue weighted by atomic mass is 16.2. The second kappa shape index (κ2) is 14.9. The van der Waals surface area contributed by atoms with Crippen LogP contribution in [0, 0.1) is 36.5 Å². The number of carbonyl (C=O) groups excluding carboxylic acids is 4. The molecule has 4 fully saturated rings. The van der Waals surface area contributed by atoms with Crippen molar-refractivity contribution in [3.8, 4) is 0 Å². The third-order valence-corrected chi connectivity index (χ3v) is 11.2. The van der Waals surface area contributed by atoms with Gasteiger partial charge in [-0.3, -0.25) is 24.1 Å². The second-order valence-electron chi connectivity index (χ2n) is 14.1. The van der Waals surface area contributed by atoms with Crippen molar-refractivity contribution >= 4 is 23.4 Å². The predicted molar refractivity (Wildman–Crippen MR) is 166 cm³/mol. The van der Waals surface area contributed by atoms with Gasteiger partial charge < -0.3 is 0 Å². The van der Waals surface area contributed by atoms with Crippen LogP contribution in [0.25, 0.3) is 0 Å². The molecule has 230 valence electrons. The van der Waals surface area contributed by atoms with Crippen molar-refractivity contribution in [2.75, 3.05) is 0 Å². The minimum absolute atomic E-state index is 0.00426. The lowest BCUT2D eigenvalue weighted by Crippen LogP contribution is -2.64. The van der Waals surface area contributed by atoms with E-state index in [1.165, 1.54) is 19.3 Å². The van der Waals surface area contributed by atoms with Gasteiger partial charge in [0, 0.05) is 30.2 Å². The largest absolute Gasteiger partial charge is 0.299 e. The number of rotatable bonds is 7. The Hall–Kier alpha value is -2.30. The van der Waals surface area contributed by atoms with Crippen molar-refractivity contribution < 1.29 is 19.2 Å². The first-order chi connectivity index (χ1) is 20.4. The summed E-state index contributed by atoms with van der Waals surface area (Å²) in [7, 11) is 0. The quantitative estimate of drug-likeness (QED) is 0.186. The maximum Gasteiger partial charge on any atom is 0.234 e. The number of β-lactam (4-membered cyclic amide) rings is 1. The zero-order valence-electron chi connectivity index (χ0n) is 26.0. The van der Waals surface area contributed by atoms with Crippen LogP contribution in [0.2, 0.25) is 0 Å².